The Hall–Kier alpha value is -1.71. The molecular formula is C41H71F3O6Si3. The van der Waals surface area contributed by atoms with E-state index >= 15 is 0 Å². The number of alkyl halides is 3. The summed E-state index contributed by atoms with van der Waals surface area (Å²) in [5.41, 5.74) is -0.754. The molecular weight excluding hydrogens is 730 g/mol. The van der Waals surface area contributed by atoms with Gasteiger partial charge in [0, 0.05) is 12.3 Å². The third kappa shape index (κ3) is 14.1. The molecule has 6 nitrogen and oxygen atoms in total. The summed E-state index contributed by atoms with van der Waals surface area (Å²) in [5.74, 6) is -0.587. The minimum Gasteiger partial charge on any atom is -0.491 e. The highest BCUT2D eigenvalue weighted by Crippen LogP contribution is 2.48. The molecule has 1 aliphatic carbocycles. The molecule has 1 fully saturated rings. The summed E-state index contributed by atoms with van der Waals surface area (Å²) in [5, 5.41) is 9.01. The van der Waals surface area contributed by atoms with Gasteiger partial charge in [-0.3, -0.25) is 4.79 Å². The number of carbonyl (C=O) groups is 1. The minimum absolute atomic E-state index is 0.00799. The van der Waals surface area contributed by atoms with Gasteiger partial charge in [-0.2, -0.15) is 13.2 Å². The maximum Gasteiger partial charge on any atom is 0.416 e. The number of carboxylic acids is 1. The fourth-order valence-electron chi connectivity index (χ4n) is 5.65. The second kappa shape index (κ2) is 18.0. The minimum atomic E-state index is -4.47. The molecule has 1 N–H and O–H groups in total. The summed E-state index contributed by atoms with van der Waals surface area (Å²) in [6, 6.07) is 4.99. The van der Waals surface area contributed by atoms with Gasteiger partial charge in [0.2, 0.25) is 0 Å². The van der Waals surface area contributed by atoms with E-state index in [9.17, 15) is 18.0 Å². The SMILES string of the molecule is CC(C)(C)[Si](C)(C)OC(/C=C/[C@@H]1[C@@H](C/C=C\CCCC(=O)O)[C@@H](O[Si](C)(C)C(C)(C)C)C[C@H]1O[Si](C)(C)C(C)(C)C)COc1cccc(C(F)(F)F)c1. The molecule has 0 saturated heterocycles. The van der Waals surface area contributed by atoms with E-state index in [0.717, 1.165) is 25.0 Å². The zero-order valence-electron chi connectivity index (χ0n) is 35.4. The Kier molecular flexibility index (Phi) is 16.2. The van der Waals surface area contributed by atoms with Crippen molar-refractivity contribution >= 4 is 30.9 Å². The number of benzene rings is 1. The number of allylic oxidation sites excluding steroid dienone is 2. The van der Waals surface area contributed by atoms with Crippen LogP contribution in [0.15, 0.2) is 48.6 Å². The van der Waals surface area contributed by atoms with Crippen molar-refractivity contribution in [3.05, 3.63) is 54.1 Å². The zero-order chi connectivity index (χ0) is 40.8. The maximum absolute atomic E-state index is 13.5. The second-order valence-electron chi connectivity index (χ2n) is 19.4. The van der Waals surface area contributed by atoms with Gasteiger partial charge in [-0.15, -0.1) is 0 Å². The molecule has 53 heavy (non-hydrogen) atoms. The second-order valence-corrected chi connectivity index (χ2v) is 33.7. The average Bonchev–Trinajstić information content (AvgIpc) is 3.27. The predicted molar refractivity (Wildman–Crippen MR) is 219 cm³/mol. The topological polar surface area (TPSA) is 74.2 Å². The Bertz CT molecular complexity index is 1390. The van der Waals surface area contributed by atoms with Crippen LogP contribution in [0.1, 0.15) is 100.0 Å². The van der Waals surface area contributed by atoms with Gasteiger partial charge < -0.3 is 23.1 Å². The van der Waals surface area contributed by atoms with Crippen LogP contribution in [0.2, 0.25) is 54.4 Å². The molecule has 5 atom stereocenters. The first-order valence-electron chi connectivity index (χ1n) is 19.3. The third-order valence-electron chi connectivity index (χ3n) is 12.1. The average molecular weight is 801 g/mol. The van der Waals surface area contributed by atoms with E-state index in [2.05, 4.69) is 126 Å². The standard InChI is InChI=1S/C41H71F3O6Si3/c1-38(2,3)51(10,11)48-32(29-47-31-22-20-21-30(27-31)41(42,43)44)25-26-34-33(23-18-16-17-19-24-37(45)46)35(49-52(12,13)39(4,5)6)28-36(34)50-53(14,15)40(7,8)9/h16,18,20-22,25-27,32-36H,17,19,23-24,28-29H2,1-15H3,(H,45,46)/b18-16-,26-25+/t32?,33-,34-,35+,36-/m1/s1. The highest BCUT2D eigenvalue weighted by atomic mass is 28.4. The highest BCUT2D eigenvalue weighted by molar-refractivity contribution is 6.75. The molecule has 0 spiro atoms. The largest absolute Gasteiger partial charge is 0.491 e. The summed E-state index contributed by atoms with van der Waals surface area (Å²) in [7, 11) is -6.74. The quantitative estimate of drug-likeness (QED) is 0.0961. The van der Waals surface area contributed by atoms with E-state index in [4.69, 9.17) is 23.1 Å². The molecule has 1 aromatic carbocycles. The molecule has 1 unspecified atom stereocenters. The molecule has 1 aliphatic rings. The monoisotopic (exact) mass is 800 g/mol. The fourth-order valence-corrected chi connectivity index (χ4v) is 9.65. The lowest BCUT2D eigenvalue weighted by molar-refractivity contribution is -0.138. The van der Waals surface area contributed by atoms with Gasteiger partial charge in [-0.05, 0) is 104 Å². The lowest BCUT2D eigenvalue weighted by Gasteiger charge is -2.40. The van der Waals surface area contributed by atoms with Gasteiger partial charge in [-0.1, -0.05) is 92.7 Å². The van der Waals surface area contributed by atoms with E-state index < -0.39 is 48.8 Å². The molecule has 2 rings (SSSR count). The van der Waals surface area contributed by atoms with Gasteiger partial charge in [0.25, 0.3) is 0 Å². The predicted octanol–water partition coefficient (Wildman–Crippen LogP) is 12.6. The normalized spacial score (nSPS) is 21.8. The number of hydrogen-bond acceptors (Lipinski definition) is 5. The Morgan fingerprint density at radius 1 is 0.849 bits per heavy atom. The van der Waals surface area contributed by atoms with Crippen molar-refractivity contribution in [2.24, 2.45) is 11.8 Å². The third-order valence-corrected chi connectivity index (χ3v) is 25.6. The van der Waals surface area contributed by atoms with Crippen LogP contribution in [0.3, 0.4) is 0 Å². The molecule has 0 amide bonds. The molecule has 0 aromatic heterocycles. The van der Waals surface area contributed by atoms with E-state index in [1.807, 2.05) is 0 Å². The summed E-state index contributed by atoms with van der Waals surface area (Å²) in [4.78, 5) is 11.1. The number of carboxylic acid groups (broad SMARTS) is 1. The van der Waals surface area contributed by atoms with E-state index in [1.54, 1.807) is 6.07 Å². The maximum atomic E-state index is 13.5. The first-order chi connectivity index (χ1) is 23.9. The molecule has 0 heterocycles. The van der Waals surface area contributed by atoms with Crippen LogP contribution in [-0.4, -0.2) is 60.9 Å². The van der Waals surface area contributed by atoms with Gasteiger partial charge >= 0.3 is 12.1 Å². The summed E-state index contributed by atoms with van der Waals surface area (Å²) in [6.45, 7) is 33.5. The van der Waals surface area contributed by atoms with E-state index in [-0.39, 0.29) is 57.9 Å². The number of rotatable bonds is 17. The van der Waals surface area contributed by atoms with Crippen LogP contribution in [-0.2, 0) is 24.2 Å². The molecule has 304 valence electrons. The van der Waals surface area contributed by atoms with Crippen molar-refractivity contribution in [2.45, 2.75) is 173 Å². The van der Waals surface area contributed by atoms with Crippen LogP contribution in [0, 0.1) is 11.8 Å². The molecule has 1 saturated carbocycles. The highest BCUT2D eigenvalue weighted by Gasteiger charge is 2.50. The summed E-state index contributed by atoms with van der Waals surface area (Å²) >= 11 is 0. The van der Waals surface area contributed by atoms with Crippen molar-refractivity contribution < 1.29 is 41.1 Å². The Labute approximate surface area is 322 Å². The van der Waals surface area contributed by atoms with E-state index in [0.29, 0.717) is 12.8 Å². The van der Waals surface area contributed by atoms with Crippen molar-refractivity contribution in [2.75, 3.05) is 6.61 Å². The van der Waals surface area contributed by atoms with Gasteiger partial charge in [-0.25, -0.2) is 0 Å². The van der Waals surface area contributed by atoms with Gasteiger partial charge in [0.05, 0.1) is 23.9 Å². The smallest absolute Gasteiger partial charge is 0.416 e. The number of aliphatic carboxylic acids is 1. The number of ether oxygens (including phenoxy) is 1. The Morgan fingerprint density at radius 2 is 1.40 bits per heavy atom. The molecule has 0 aliphatic heterocycles. The molecule has 1 aromatic rings. The number of halogens is 3. The van der Waals surface area contributed by atoms with Crippen molar-refractivity contribution in [1.82, 2.24) is 0 Å². The van der Waals surface area contributed by atoms with E-state index in [1.165, 1.54) is 6.07 Å². The van der Waals surface area contributed by atoms with Crippen LogP contribution in [0.5, 0.6) is 5.75 Å². The lowest BCUT2D eigenvalue weighted by atomic mass is 9.89. The molecule has 12 heteroatoms. The fraction of sp³-hybridized carbons (Fsp3) is 0.732. The first-order valence-corrected chi connectivity index (χ1v) is 28.0. The van der Waals surface area contributed by atoms with Crippen LogP contribution >= 0.6 is 0 Å². The lowest BCUT2D eigenvalue weighted by Crippen LogP contribution is -2.45. The summed E-state index contributed by atoms with van der Waals surface area (Å²) < 4.78 is 68.0. The Balaban J connectivity index is 2.63. The molecule has 0 radical (unpaired) electrons. The van der Waals surface area contributed by atoms with Crippen LogP contribution in [0.25, 0.3) is 0 Å². The van der Waals surface area contributed by atoms with Crippen LogP contribution in [0.4, 0.5) is 13.2 Å². The van der Waals surface area contributed by atoms with Crippen molar-refractivity contribution in [1.29, 1.82) is 0 Å². The Morgan fingerprint density at radius 3 is 1.91 bits per heavy atom. The van der Waals surface area contributed by atoms with Crippen molar-refractivity contribution in [3.8, 4) is 5.75 Å². The summed E-state index contributed by atoms with van der Waals surface area (Å²) in [6.07, 6.45) is 6.28. The van der Waals surface area contributed by atoms with Gasteiger partial charge in [0.1, 0.15) is 12.4 Å². The van der Waals surface area contributed by atoms with Gasteiger partial charge in [0.15, 0.2) is 25.0 Å². The number of unbranched alkanes of at least 4 members (excludes halogenated alkanes) is 1. The first kappa shape index (κ1) is 47.4. The number of hydrogen-bond donors (Lipinski definition) is 1. The van der Waals surface area contributed by atoms with Crippen molar-refractivity contribution in [3.63, 3.8) is 0 Å². The molecule has 0 bridgehead atoms. The van der Waals surface area contributed by atoms with Crippen LogP contribution < -0.4 is 4.74 Å². The zero-order valence-corrected chi connectivity index (χ0v) is 38.4.